The Morgan fingerprint density at radius 1 is 1.39 bits per heavy atom. The molecule has 0 aliphatic carbocycles. The van der Waals surface area contributed by atoms with E-state index < -0.39 is 6.10 Å². The van der Waals surface area contributed by atoms with Gasteiger partial charge in [0.15, 0.2) is 6.10 Å². The zero-order valence-corrected chi connectivity index (χ0v) is 13.8. The van der Waals surface area contributed by atoms with E-state index >= 15 is 0 Å². The molecule has 0 radical (unpaired) electrons. The van der Waals surface area contributed by atoms with Gasteiger partial charge in [0, 0.05) is 19.7 Å². The molecule has 1 atom stereocenters. The molecule has 1 N–H and O–H groups in total. The van der Waals surface area contributed by atoms with Crippen molar-refractivity contribution in [3.05, 3.63) is 29.8 Å². The van der Waals surface area contributed by atoms with Gasteiger partial charge in [-0.05, 0) is 55.9 Å². The van der Waals surface area contributed by atoms with Gasteiger partial charge < -0.3 is 14.7 Å². The number of carbonyl (C=O) groups excluding carboxylic acids is 1. The first-order valence-corrected chi connectivity index (χ1v) is 8.10. The van der Waals surface area contributed by atoms with E-state index in [2.05, 4.69) is 6.92 Å². The van der Waals surface area contributed by atoms with E-state index in [0.717, 1.165) is 19.3 Å². The number of aliphatic hydroxyl groups is 1. The Bertz CT molecular complexity index is 563. The van der Waals surface area contributed by atoms with E-state index in [-0.39, 0.29) is 17.9 Å². The van der Waals surface area contributed by atoms with E-state index in [1.165, 1.54) is 0 Å². The van der Waals surface area contributed by atoms with Crippen LogP contribution in [-0.2, 0) is 4.79 Å². The first-order chi connectivity index (χ1) is 11.0. The highest BCUT2D eigenvalue weighted by molar-refractivity contribution is 5.81. The zero-order valence-electron chi connectivity index (χ0n) is 13.8. The minimum atomic E-state index is -0.564. The number of carbonyl (C=O) groups is 1. The van der Waals surface area contributed by atoms with Crippen LogP contribution in [0.15, 0.2) is 24.3 Å². The van der Waals surface area contributed by atoms with Gasteiger partial charge in [0.1, 0.15) is 5.75 Å². The molecule has 2 rings (SSSR count). The molecular formula is C18H24N2O3. The second kappa shape index (κ2) is 7.47. The number of ether oxygens (including phenoxy) is 1. The molecule has 1 aliphatic heterocycles. The molecule has 1 aromatic rings. The van der Waals surface area contributed by atoms with Crippen LogP contribution < -0.4 is 4.74 Å². The largest absolute Gasteiger partial charge is 0.481 e. The lowest BCUT2D eigenvalue weighted by atomic mass is 9.77. The van der Waals surface area contributed by atoms with Crippen LogP contribution in [0, 0.1) is 16.7 Å². The van der Waals surface area contributed by atoms with E-state index in [4.69, 9.17) is 10.00 Å². The lowest BCUT2D eigenvalue weighted by Crippen LogP contribution is -2.48. The topological polar surface area (TPSA) is 73.6 Å². The van der Waals surface area contributed by atoms with Crippen molar-refractivity contribution in [3.8, 4) is 11.8 Å². The molecule has 1 unspecified atom stereocenters. The molecule has 0 bridgehead atoms. The maximum atomic E-state index is 12.5. The number of hydrogen-bond acceptors (Lipinski definition) is 4. The normalized spacial score (nSPS) is 18.1. The van der Waals surface area contributed by atoms with Crippen molar-refractivity contribution in [2.45, 2.75) is 39.2 Å². The van der Waals surface area contributed by atoms with Crippen LogP contribution in [-0.4, -0.2) is 41.7 Å². The summed E-state index contributed by atoms with van der Waals surface area (Å²) in [5.74, 6) is 0.553. The van der Waals surface area contributed by atoms with E-state index in [0.29, 0.717) is 24.4 Å². The second-order valence-corrected chi connectivity index (χ2v) is 6.23. The highest BCUT2D eigenvalue weighted by atomic mass is 16.5. The van der Waals surface area contributed by atoms with Crippen LogP contribution in [0.5, 0.6) is 5.75 Å². The van der Waals surface area contributed by atoms with Crippen LogP contribution >= 0.6 is 0 Å². The van der Waals surface area contributed by atoms with Gasteiger partial charge in [-0.15, -0.1) is 0 Å². The smallest absolute Gasteiger partial charge is 0.263 e. The molecule has 1 fully saturated rings. The summed E-state index contributed by atoms with van der Waals surface area (Å²) >= 11 is 0. The van der Waals surface area contributed by atoms with Gasteiger partial charge in [-0.2, -0.15) is 5.26 Å². The Balaban J connectivity index is 1.91. The van der Waals surface area contributed by atoms with Gasteiger partial charge in [0.25, 0.3) is 5.91 Å². The molecular weight excluding hydrogens is 292 g/mol. The van der Waals surface area contributed by atoms with Gasteiger partial charge in [-0.1, -0.05) is 6.92 Å². The monoisotopic (exact) mass is 316 g/mol. The Hall–Kier alpha value is -2.06. The summed E-state index contributed by atoms with van der Waals surface area (Å²) in [6.45, 7) is 5.34. The summed E-state index contributed by atoms with van der Waals surface area (Å²) in [7, 11) is 0. The second-order valence-electron chi connectivity index (χ2n) is 6.23. The number of benzene rings is 1. The van der Waals surface area contributed by atoms with Gasteiger partial charge in [-0.25, -0.2) is 0 Å². The minimum absolute atomic E-state index is 0.0306. The van der Waals surface area contributed by atoms with Gasteiger partial charge >= 0.3 is 0 Å². The third kappa shape index (κ3) is 4.02. The highest BCUT2D eigenvalue weighted by Gasteiger charge is 2.35. The van der Waals surface area contributed by atoms with E-state index in [1.807, 2.05) is 11.0 Å². The number of likely N-dealkylation sites (tertiary alicyclic amines) is 1. The number of aliphatic hydroxyl groups excluding tert-OH is 1. The quantitative estimate of drug-likeness (QED) is 0.905. The predicted octanol–water partition coefficient (Wildman–Crippen LogP) is 2.34. The van der Waals surface area contributed by atoms with Crippen molar-refractivity contribution >= 4 is 5.91 Å². The number of nitriles is 1. The first kappa shape index (κ1) is 17.3. The third-order valence-electron chi connectivity index (χ3n) is 4.87. The lowest BCUT2D eigenvalue weighted by Gasteiger charge is -2.40. The fourth-order valence-corrected chi connectivity index (χ4v) is 2.94. The van der Waals surface area contributed by atoms with Crippen molar-refractivity contribution in [1.29, 1.82) is 5.26 Å². The number of rotatable bonds is 5. The van der Waals surface area contributed by atoms with Crippen molar-refractivity contribution in [2.24, 2.45) is 5.41 Å². The van der Waals surface area contributed by atoms with Crippen LogP contribution in [0.3, 0.4) is 0 Å². The van der Waals surface area contributed by atoms with Crippen molar-refractivity contribution < 1.29 is 14.6 Å². The molecule has 1 amide bonds. The summed E-state index contributed by atoms with van der Waals surface area (Å²) in [5.41, 5.74) is 0.529. The fourth-order valence-electron chi connectivity index (χ4n) is 2.94. The number of piperidine rings is 1. The fraction of sp³-hybridized carbons (Fsp3) is 0.556. The molecule has 5 nitrogen and oxygen atoms in total. The molecule has 1 aliphatic rings. The van der Waals surface area contributed by atoms with E-state index in [1.54, 1.807) is 31.2 Å². The van der Waals surface area contributed by atoms with Crippen LogP contribution in [0.4, 0.5) is 0 Å². The summed E-state index contributed by atoms with van der Waals surface area (Å²) < 4.78 is 5.68. The number of nitrogens with zero attached hydrogens (tertiary/aromatic N) is 2. The first-order valence-electron chi connectivity index (χ1n) is 8.10. The van der Waals surface area contributed by atoms with Crippen LogP contribution in [0.1, 0.15) is 38.7 Å². The van der Waals surface area contributed by atoms with Crippen LogP contribution in [0.2, 0.25) is 0 Å². The summed E-state index contributed by atoms with van der Waals surface area (Å²) in [6, 6.07) is 8.79. The summed E-state index contributed by atoms with van der Waals surface area (Å²) in [6.07, 6.45) is 2.03. The lowest BCUT2D eigenvalue weighted by molar-refractivity contribution is -0.140. The standard InChI is InChI=1S/C18H24N2O3/c1-3-18(13-21)8-10-20(11-9-18)17(22)14(2)23-16-6-4-15(12-19)5-7-16/h4-7,14,21H,3,8-11,13H2,1-2H3. The van der Waals surface area contributed by atoms with Crippen molar-refractivity contribution in [1.82, 2.24) is 4.90 Å². The van der Waals surface area contributed by atoms with Gasteiger partial charge in [0.2, 0.25) is 0 Å². The summed E-state index contributed by atoms with van der Waals surface area (Å²) in [5, 5.41) is 18.3. The molecule has 23 heavy (non-hydrogen) atoms. The highest BCUT2D eigenvalue weighted by Crippen LogP contribution is 2.34. The van der Waals surface area contributed by atoms with Gasteiger partial charge in [0.05, 0.1) is 11.6 Å². The zero-order chi connectivity index (χ0) is 16.9. The van der Waals surface area contributed by atoms with Crippen LogP contribution in [0.25, 0.3) is 0 Å². The maximum absolute atomic E-state index is 12.5. The molecule has 0 aromatic heterocycles. The molecule has 0 spiro atoms. The molecule has 1 aromatic carbocycles. The maximum Gasteiger partial charge on any atom is 0.263 e. The van der Waals surface area contributed by atoms with E-state index in [9.17, 15) is 9.90 Å². The van der Waals surface area contributed by atoms with Gasteiger partial charge in [-0.3, -0.25) is 4.79 Å². The minimum Gasteiger partial charge on any atom is -0.481 e. The van der Waals surface area contributed by atoms with Crippen molar-refractivity contribution in [2.75, 3.05) is 19.7 Å². The third-order valence-corrected chi connectivity index (χ3v) is 4.87. The average molecular weight is 316 g/mol. The SMILES string of the molecule is CCC1(CO)CCN(C(=O)C(C)Oc2ccc(C#N)cc2)CC1. The predicted molar refractivity (Wildman–Crippen MR) is 86.9 cm³/mol. The molecule has 124 valence electrons. The molecule has 5 heteroatoms. The average Bonchev–Trinajstić information content (AvgIpc) is 2.61. The summed E-state index contributed by atoms with van der Waals surface area (Å²) in [4.78, 5) is 14.3. The Kier molecular flexibility index (Phi) is 5.62. The Morgan fingerprint density at radius 3 is 2.48 bits per heavy atom. The molecule has 0 saturated carbocycles. The van der Waals surface area contributed by atoms with Crippen molar-refractivity contribution in [3.63, 3.8) is 0 Å². The molecule has 1 saturated heterocycles. The molecule has 1 heterocycles. The Labute approximate surface area is 137 Å². The Morgan fingerprint density at radius 2 is 2.00 bits per heavy atom. The number of hydrogen-bond donors (Lipinski definition) is 1. The number of amides is 1.